The van der Waals surface area contributed by atoms with Crippen molar-refractivity contribution in [1.29, 1.82) is 0 Å². The number of carboxylic acids is 6. The van der Waals surface area contributed by atoms with Crippen LogP contribution >= 0.6 is 70.6 Å². The van der Waals surface area contributed by atoms with E-state index in [2.05, 4.69) is 0 Å². The summed E-state index contributed by atoms with van der Waals surface area (Å²) in [5.41, 5.74) is 0. The molecule has 22 heterocycles. The summed E-state index contributed by atoms with van der Waals surface area (Å²) in [6.07, 6.45) is -61.9. The van der Waals surface area contributed by atoms with E-state index < -0.39 is 289 Å². The average Bonchev–Trinajstić information content (AvgIpc) is 0.779. The summed E-state index contributed by atoms with van der Waals surface area (Å²) < 4.78 is 72.2. The van der Waals surface area contributed by atoms with Gasteiger partial charge in [-0.25, -0.2) is 0 Å². The average molecular weight is 1550 g/mol. The zero-order valence-corrected chi connectivity index (χ0v) is 69.3. The number of aliphatic hydroxyl groups is 12. The summed E-state index contributed by atoms with van der Waals surface area (Å²) in [7, 11) is 0. The first-order chi connectivity index (χ1) is 42.6. The normalized spacial score (nSPS) is 40.8. The van der Waals surface area contributed by atoms with E-state index in [1.54, 1.807) is 0 Å². The van der Waals surface area contributed by atoms with Crippen LogP contribution in [0.1, 0.15) is 0 Å². The van der Waals surface area contributed by atoms with E-state index in [0.29, 0.717) is 70.6 Å². The zero-order chi connectivity index (χ0) is 66.0. The first-order valence-corrected chi connectivity index (χ1v) is 34.2. The Balaban J connectivity index is 0.00000768. The van der Waals surface area contributed by atoms with Crippen molar-refractivity contribution in [1.82, 2.24) is 0 Å². The molecule has 516 valence electrons. The molecule has 22 rings (SSSR count). The van der Waals surface area contributed by atoms with Crippen molar-refractivity contribution in [2.75, 3.05) is 69.0 Å². The van der Waals surface area contributed by atoms with Crippen molar-refractivity contribution >= 4 is 106 Å². The number of hydrogen-bond donors (Lipinski definition) is 12. The van der Waals surface area contributed by atoms with E-state index in [1.165, 1.54) is 0 Å². The van der Waals surface area contributed by atoms with Crippen LogP contribution in [0.15, 0.2) is 0 Å². The molecule has 0 radical (unpaired) electrons. The molecule has 36 nitrogen and oxygen atoms in total. The van der Waals surface area contributed by atoms with Crippen molar-refractivity contribution < 1.29 is 355 Å². The van der Waals surface area contributed by atoms with Crippen LogP contribution in [0.2, 0.25) is 0 Å². The Hall–Kier alpha value is 3.96. The SMILES string of the molecule is O=C([O-])CSCC1O[C@@H]2O[C@@H]3C(CSCC(=O)[O-])O[C@H](O[C@@H]4C(CSCC(=O)[O-])O[C@H](O[C@@H]5C(CSCC(=O)[O-])O[C@H](O[C@@H]6C(CSCC(=O)[O-])O[C@H](O[C@@H]7C(CSCC(=O)[O-])O[C@H](O[C@H]1C(O)C2O)C(O)C7O)C(O)C6O)C(O)C5O)C(O)C4O)C(O)C3O.[Na+].[Na+].[Na+].[Na+].[Na+].[Na+]. The molecule has 0 saturated carbocycles. The third-order valence-corrected chi connectivity index (χ3v) is 20.6. The van der Waals surface area contributed by atoms with Gasteiger partial charge in [0.05, 0.1) is 72.4 Å². The van der Waals surface area contributed by atoms with Crippen LogP contribution in [0.25, 0.3) is 0 Å². The Bertz CT molecular complexity index is 1990. The Labute approximate surface area is 705 Å². The minimum absolute atomic E-state index is 0. The van der Waals surface area contributed by atoms with E-state index in [9.17, 15) is 121 Å². The van der Waals surface area contributed by atoms with Gasteiger partial charge < -0.3 is 178 Å². The van der Waals surface area contributed by atoms with Gasteiger partial charge >= 0.3 is 177 Å². The van der Waals surface area contributed by atoms with Crippen LogP contribution in [0, 0.1) is 0 Å². The molecule has 22 aliphatic heterocycles. The maximum Gasteiger partial charge on any atom is 1.00 e. The third-order valence-electron chi connectivity index (χ3n) is 14.6. The second kappa shape index (κ2) is 47.1. The van der Waals surface area contributed by atoms with Crippen molar-refractivity contribution in [3.8, 4) is 0 Å². The molecule has 0 spiro atoms. The maximum absolute atomic E-state index is 11.8. The molecule has 22 saturated heterocycles. The molecule has 96 heavy (non-hydrogen) atoms. The van der Waals surface area contributed by atoms with Crippen molar-refractivity contribution in [2.45, 2.75) is 184 Å². The van der Waals surface area contributed by atoms with Gasteiger partial charge in [-0.3, -0.25) is 0 Å². The minimum Gasteiger partial charge on any atom is -0.549 e. The van der Waals surface area contributed by atoms with Crippen LogP contribution in [0.3, 0.4) is 0 Å². The van der Waals surface area contributed by atoms with Gasteiger partial charge in [0.1, 0.15) is 110 Å². The third kappa shape index (κ3) is 27.2. The van der Waals surface area contributed by atoms with E-state index >= 15 is 0 Å². The van der Waals surface area contributed by atoms with Crippen LogP contribution in [-0.2, 0) is 85.6 Å². The number of carbonyl (C=O) groups excluding carboxylic acids is 6. The number of ether oxygens (including phenoxy) is 12. The summed E-state index contributed by atoms with van der Waals surface area (Å²) >= 11 is 3.55. The molecule has 0 amide bonds. The molecule has 18 unspecified atom stereocenters. The summed E-state index contributed by atoms with van der Waals surface area (Å²) in [5, 5.41) is 211. The number of hydrogen-bond acceptors (Lipinski definition) is 42. The molecule has 30 atom stereocenters. The Kier molecular flexibility index (Phi) is 48.1. The summed E-state index contributed by atoms with van der Waals surface area (Å²) in [5.74, 6) is -17.1. The molecule has 22 aliphatic rings. The molecule has 0 aromatic heterocycles. The molecule has 0 aromatic carbocycles. The first kappa shape index (κ1) is 98.0. The van der Waals surface area contributed by atoms with Gasteiger partial charge in [0.2, 0.25) is 0 Å². The van der Waals surface area contributed by atoms with Crippen molar-refractivity contribution in [3.63, 3.8) is 0 Å². The second-order valence-corrected chi connectivity index (χ2v) is 27.3. The predicted octanol–water partition coefficient (Wildman–Crippen LogP) is -34.1. The zero-order valence-electron chi connectivity index (χ0n) is 52.4. The van der Waals surface area contributed by atoms with Gasteiger partial charge in [-0.15, -0.1) is 0 Å². The number of thioether (sulfide) groups is 6. The molecule has 12 N–H and O–H groups in total. The van der Waals surface area contributed by atoms with Crippen LogP contribution in [-0.4, -0.2) is 350 Å². The number of aliphatic hydroxyl groups excluding tert-OH is 12. The Morgan fingerprint density at radius 1 is 0.219 bits per heavy atom. The van der Waals surface area contributed by atoms with Gasteiger partial charge in [0.25, 0.3) is 0 Å². The number of carbonyl (C=O) groups is 6. The fourth-order valence-corrected chi connectivity index (χ4v) is 15.1. The van der Waals surface area contributed by atoms with Crippen LogP contribution in [0.4, 0.5) is 0 Å². The van der Waals surface area contributed by atoms with Crippen molar-refractivity contribution in [2.24, 2.45) is 0 Å². The molecule has 0 aliphatic carbocycles. The van der Waals surface area contributed by atoms with E-state index in [-0.39, 0.29) is 177 Å². The quantitative estimate of drug-likeness (QED) is 0.0399. The molecular weight excluding hydrogens is 1480 g/mol. The largest absolute Gasteiger partial charge is 1.00 e. The Morgan fingerprint density at radius 3 is 0.438 bits per heavy atom. The topological polar surface area (TPSA) is 594 Å². The van der Waals surface area contributed by atoms with Crippen molar-refractivity contribution in [3.05, 3.63) is 0 Å². The predicted molar refractivity (Wildman–Crippen MR) is 287 cm³/mol. The molecule has 48 heteroatoms. The molecule has 12 bridgehead atoms. The molecule has 22 fully saturated rings. The van der Waals surface area contributed by atoms with Gasteiger partial charge in [-0.2, -0.15) is 70.6 Å². The van der Waals surface area contributed by atoms with Gasteiger partial charge in [-0.1, -0.05) is 0 Å². The van der Waals surface area contributed by atoms with Gasteiger partial charge in [0.15, 0.2) is 37.7 Å². The monoisotopic (exact) mass is 1550 g/mol. The standard InChI is InChI=1S/C48H72O36S6.6Na/c49-19(50)7-85-1-13-37-25(61)31(67)43(73-13)80-38-14(2-86-8-20(51)52)75-45(33(69)27(38)63)82-40-16(4-88-10-22(55)56)77-47(35(71)29(40)65)84-42-18(6-90-12-24(59)60)78-48(36(72)30(42)66)83-41-17(5-89-11-23(57)58)76-46(34(70)28(41)64)81-39-15(3-87-9-21(53)54)74-44(79-37)32(68)26(39)62;;;;;;/h13-18,25-48,61-72H,1-12H2,(H,49,50)(H,51,52)(H,53,54)(H,55,56)(H,57,58)(H,59,60);;;;;;/q;6*+1/p-6/t13?,14?,15?,16?,17?,18?,25?,26?,27?,28?,29?,30?,31?,32?,33?,34?,35?,36?,37-,38-,39-,40-,41-,42-,43-,44-,45-,46-,47-,48-;;;;;;/m1....../s1. The summed E-state index contributed by atoms with van der Waals surface area (Å²) in [6.45, 7) is 0. The van der Waals surface area contributed by atoms with Crippen LogP contribution in [0.5, 0.6) is 0 Å². The minimum atomic E-state index is -2.31. The van der Waals surface area contributed by atoms with E-state index in [0.717, 1.165) is 0 Å². The van der Waals surface area contributed by atoms with E-state index in [4.69, 9.17) is 56.8 Å². The Morgan fingerprint density at radius 2 is 0.333 bits per heavy atom. The van der Waals surface area contributed by atoms with E-state index in [1.807, 2.05) is 0 Å². The fourth-order valence-electron chi connectivity index (χ4n) is 10.4. The first-order valence-electron chi connectivity index (χ1n) is 27.2. The number of carboxylic acid groups (broad SMARTS) is 6. The van der Waals surface area contributed by atoms with Crippen LogP contribution < -0.4 is 208 Å². The maximum atomic E-state index is 11.8. The van der Waals surface area contributed by atoms with Gasteiger partial charge in [-0.05, 0) is 0 Å². The van der Waals surface area contributed by atoms with Gasteiger partial charge in [0, 0.05) is 69.0 Å². The summed E-state index contributed by atoms with van der Waals surface area (Å²) in [4.78, 5) is 69.5. The molecule has 0 aromatic rings. The number of aliphatic carboxylic acids is 6. The summed E-state index contributed by atoms with van der Waals surface area (Å²) in [6, 6.07) is 0. The smallest absolute Gasteiger partial charge is 0.549 e. The fraction of sp³-hybridized carbons (Fsp3) is 0.875. The molecular formula is C48H66Na6O36S6. The number of rotatable bonds is 24. The second-order valence-electron chi connectivity index (χ2n) is 21.1.